The van der Waals surface area contributed by atoms with E-state index in [9.17, 15) is 20.4 Å². The van der Waals surface area contributed by atoms with Gasteiger partial charge in [0, 0.05) is 23.9 Å². The van der Waals surface area contributed by atoms with Crippen molar-refractivity contribution in [1.82, 2.24) is 5.32 Å². The van der Waals surface area contributed by atoms with Crippen molar-refractivity contribution in [3.05, 3.63) is 0 Å². The topological polar surface area (TPSA) is 93.0 Å². The van der Waals surface area contributed by atoms with Crippen molar-refractivity contribution in [2.45, 2.75) is 26.7 Å². The molecule has 104 valence electrons. The maximum atomic E-state index is 9.28. The molecule has 0 spiro atoms. The van der Waals surface area contributed by atoms with Gasteiger partial charge >= 0.3 is 0 Å². The van der Waals surface area contributed by atoms with Gasteiger partial charge in [0.2, 0.25) is 0 Å². The summed E-state index contributed by atoms with van der Waals surface area (Å²) in [7, 11) is 0. The lowest BCUT2D eigenvalue weighted by Gasteiger charge is -2.33. The quantitative estimate of drug-likeness (QED) is 0.354. The summed E-state index contributed by atoms with van der Waals surface area (Å²) in [5.74, 6) is 0. The average molecular weight is 249 g/mol. The number of nitrogens with one attached hydrogen (secondary N) is 1. The molecule has 0 saturated carbocycles. The van der Waals surface area contributed by atoms with Crippen molar-refractivity contribution in [2.75, 3.05) is 39.5 Å². The Bertz CT molecular complexity index is 154. The molecule has 0 radical (unpaired) electrons. The molecule has 0 atom stereocenters. The lowest BCUT2D eigenvalue weighted by atomic mass is 9.84. The van der Waals surface area contributed by atoms with Crippen LogP contribution in [0.3, 0.4) is 0 Å². The summed E-state index contributed by atoms with van der Waals surface area (Å²) < 4.78 is 0. The van der Waals surface area contributed by atoms with E-state index in [0.29, 0.717) is 25.9 Å². The van der Waals surface area contributed by atoms with Gasteiger partial charge in [-0.1, -0.05) is 13.8 Å². The molecule has 0 unspecified atom stereocenters. The molecule has 0 aliphatic heterocycles. The van der Waals surface area contributed by atoms with E-state index in [2.05, 4.69) is 5.32 Å². The minimum Gasteiger partial charge on any atom is -0.396 e. The highest BCUT2D eigenvalue weighted by Crippen LogP contribution is 2.22. The Morgan fingerprint density at radius 3 is 1.18 bits per heavy atom. The summed E-state index contributed by atoms with van der Waals surface area (Å²) in [5.41, 5.74) is -1.05. The van der Waals surface area contributed by atoms with Gasteiger partial charge in [0.1, 0.15) is 0 Å². The van der Waals surface area contributed by atoms with Gasteiger partial charge in [-0.05, 0) is 12.8 Å². The number of aliphatic hydroxyl groups excluding tert-OH is 4. The van der Waals surface area contributed by atoms with Crippen LogP contribution in [0.25, 0.3) is 0 Å². The second-order valence-electron chi connectivity index (χ2n) is 4.94. The first kappa shape index (κ1) is 16.8. The standard InChI is InChI=1S/C12H27NO4/c1-3-11(7-14,8-15)5-13-6-12(4-2,9-16)10-17/h13-17H,3-10H2,1-2H3. The van der Waals surface area contributed by atoms with Crippen LogP contribution in [0.15, 0.2) is 0 Å². The molecule has 17 heavy (non-hydrogen) atoms. The van der Waals surface area contributed by atoms with Gasteiger partial charge in [-0.15, -0.1) is 0 Å². The summed E-state index contributed by atoms with van der Waals surface area (Å²) in [6.07, 6.45) is 1.34. The number of aliphatic hydroxyl groups is 4. The first-order chi connectivity index (χ1) is 8.07. The van der Waals surface area contributed by atoms with E-state index >= 15 is 0 Å². The average Bonchev–Trinajstić information content (AvgIpc) is 2.41. The molecule has 0 bridgehead atoms. The van der Waals surface area contributed by atoms with Crippen molar-refractivity contribution >= 4 is 0 Å². The summed E-state index contributed by atoms with van der Waals surface area (Å²) in [5, 5.41) is 40.2. The molecule has 5 N–H and O–H groups in total. The monoisotopic (exact) mass is 249 g/mol. The maximum Gasteiger partial charge on any atom is 0.0521 e. The molecule has 5 nitrogen and oxygen atoms in total. The summed E-state index contributed by atoms with van der Waals surface area (Å²) in [6.45, 7) is 4.46. The molecule has 0 aliphatic carbocycles. The highest BCUT2D eigenvalue weighted by molar-refractivity contribution is 4.83. The van der Waals surface area contributed by atoms with Crippen molar-refractivity contribution in [1.29, 1.82) is 0 Å². The highest BCUT2D eigenvalue weighted by atomic mass is 16.3. The molecule has 0 aromatic carbocycles. The van der Waals surface area contributed by atoms with E-state index in [1.54, 1.807) is 0 Å². The molecule has 0 heterocycles. The molecule has 0 aromatic rings. The minimum absolute atomic E-state index is 0.0790. The third-order valence-electron chi connectivity index (χ3n) is 3.84. The van der Waals surface area contributed by atoms with Gasteiger partial charge in [0.05, 0.1) is 26.4 Å². The van der Waals surface area contributed by atoms with Crippen LogP contribution in [0.1, 0.15) is 26.7 Å². The number of rotatable bonds is 10. The minimum atomic E-state index is -0.523. The Hall–Kier alpha value is -0.200. The predicted molar refractivity (Wildman–Crippen MR) is 66.7 cm³/mol. The second kappa shape index (κ2) is 8.00. The van der Waals surface area contributed by atoms with Gasteiger partial charge in [0.15, 0.2) is 0 Å². The zero-order valence-electron chi connectivity index (χ0n) is 10.9. The SMILES string of the molecule is CCC(CO)(CO)CNCC(CC)(CO)CO. The summed E-state index contributed by atoms with van der Waals surface area (Å²) in [6, 6.07) is 0. The fourth-order valence-corrected chi connectivity index (χ4v) is 1.61. The normalized spacial score (nSPS) is 13.1. The van der Waals surface area contributed by atoms with Crippen molar-refractivity contribution in [2.24, 2.45) is 10.8 Å². The van der Waals surface area contributed by atoms with Crippen LogP contribution in [0.4, 0.5) is 0 Å². The first-order valence-corrected chi connectivity index (χ1v) is 6.21. The van der Waals surface area contributed by atoms with E-state index in [-0.39, 0.29) is 26.4 Å². The molecule has 0 fully saturated rings. The van der Waals surface area contributed by atoms with Crippen LogP contribution in [0, 0.1) is 10.8 Å². The lowest BCUT2D eigenvalue weighted by molar-refractivity contribution is 0.0298. The lowest BCUT2D eigenvalue weighted by Crippen LogP contribution is -2.46. The Morgan fingerprint density at radius 1 is 0.706 bits per heavy atom. The van der Waals surface area contributed by atoms with Crippen LogP contribution < -0.4 is 5.32 Å². The zero-order valence-corrected chi connectivity index (χ0v) is 10.9. The fraction of sp³-hybridized carbons (Fsp3) is 1.00. The third kappa shape index (κ3) is 4.52. The molecular weight excluding hydrogens is 222 g/mol. The maximum absolute atomic E-state index is 9.28. The van der Waals surface area contributed by atoms with Crippen LogP contribution in [0.2, 0.25) is 0 Å². The molecular formula is C12H27NO4. The van der Waals surface area contributed by atoms with E-state index in [4.69, 9.17) is 0 Å². The van der Waals surface area contributed by atoms with Gasteiger partial charge < -0.3 is 25.7 Å². The predicted octanol–water partition coefficient (Wildman–Crippen LogP) is -0.662. The van der Waals surface area contributed by atoms with Crippen LogP contribution in [0.5, 0.6) is 0 Å². The molecule has 0 aromatic heterocycles. The Labute approximate surface area is 103 Å². The molecule has 0 amide bonds. The first-order valence-electron chi connectivity index (χ1n) is 6.21. The van der Waals surface area contributed by atoms with Gasteiger partial charge in [-0.2, -0.15) is 0 Å². The zero-order chi connectivity index (χ0) is 13.4. The molecule has 0 rings (SSSR count). The van der Waals surface area contributed by atoms with E-state index in [1.807, 2.05) is 13.8 Å². The van der Waals surface area contributed by atoms with E-state index in [0.717, 1.165) is 0 Å². The largest absolute Gasteiger partial charge is 0.396 e. The van der Waals surface area contributed by atoms with Crippen molar-refractivity contribution in [3.8, 4) is 0 Å². The summed E-state index contributed by atoms with van der Waals surface area (Å²) in [4.78, 5) is 0. The van der Waals surface area contributed by atoms with Crippen LogP contribution in [-0.4, -0.2) is 59.9 Å². The van der Waals surface area contributed by atoms with E-state index in [1.165, 1.54) is 0 Å². The molecule has 0 saturated heterocycles. The van der Waals surface area contributed by atoms with Crippen molar-refractivity contribution in [3.63, 3.8) is 0 Å². The van der Waals surface area contributed by atoms with Crippen molar-refractivity contribution < 1.29 is 20.4 Å². The smallest absolute Gasteiger partial charge is 0.0521 e. The third-order valence-corrected chi connectivity index (χ3v) is 3.84. The summed E-state index contributed by atoms with van der Waals surface area (Å²) >= 11 is 0. The molecule has 0 aliphatic rings. The van der Waals surface area contributed by atoms with Gasteiger partial charge in [-0.25, -0.2) is 0 Å². The molecule has 5 heteroatoms. The van der Waals surface area contributed by atoms with Gasteiger partial charge in [0.25, 0.3) is 0 Å². The second-order valence-corrected chi connectivity index (χ2v) is 4.94. The van der Waals surface area contributed by atoms with Gasteiger partial charge in [-0.3, -0.25) is 0 Å². The van der Waals surface area contributed by atoms with Crippen LogP contribution in [-0.2, 0) is 0 Å². The Kier molecular flexibility index (Phi) is 7.91. The highest BCUT2D eigenvalue weighted by Gasteiger charge is 2.30. The van der Waals surface area contributed by atoms with Crippen LogP contribution >= 0.6 is 0 Å². The fourth-order valence-electron chi connectivity index (χ4n) is 1.61. The number of hydrogen-bond acceptors (Lipinski definition) is 5. The Balaban J connectivity index is 4.28. The number of hydrogen-bond donors (Lipinski definition) is 5. The van der Waals surface area contributed by atoms with E-state index < -0.39 is 10.8 Å². The Morgan fingerprint density at radius 2 is 1.00 bits per heavy atom.